The minimum absolute atomic E-state index is 0.0219. The minimum Gasteiger partial charge on any atom is -0.384 e. The molecule has 0 radical (unpaired) electrons. The van der Waals surface area contributed by atoms with Gasteiger partial charge in [0, 0.05) is 31.3 Å². The number of nitrogens with zero attached hydrogens (tertiary/aromatic N) is 5. The van der Waals surface area contributed by atoms with E-state index in [1.807, 2.05) is 16.7 Å². The van der Waals surface area contributed by atoms with Crippen LogP contribution < -0.4 is 17.0 Å². The molecule has 1 fully saturated rings. The summed E-state index contributed by atoms with van der Waals surface area (Å²) in [5.41, 5.74) is 5.22. The molecular weight excluding hydrogens is 468 g/mol. The van der Waals surface area contributed by atoms with Gasteiger partial charge in [0.05, 0.1) is 18.4 Å². The lowest BCUT2D eigenvalue weighted by Crippen LogP contribution is -2.41. The number of Topliss-reactive ketones (excluding diaryl/α,β-unsaturated/α-hetero) is 1. The van der Waals surface area contributed by atoms with Crippen molar-refractivity contribution in [2.45, 2.75) is 30.6 Å². The Morgan fingerprint density at radius 1 is 1.21 bits per heavy atom. The molecule has 2 N–H and O–H groups in total. The molecule has 0 bridgehead atoms. The number of hydrogen-bond donors (Lipinski definition) is 1. The number of halogens is 1. The van der Waals surface area contributed by atoms with Crippen molar-refractivity contribution >= 4 is 35.0 Å². The number of nitrogens with two attached hydrogens (primary N) is 1. The fourth-order valence-corrected chi connectivity index (χ4v) is 4.63. The minimum atomic E-state index is -0.719. The van der Waals surface area contributed by atoms with E-state index in [1.54, 1.807) is 12.1 Å². The van der Waals surface area contributed by atoms with Gasteiger partial charge in [-0.2, -0.15) is 0 Å². The molecule has 174 valence electrons. The van der Waals surface area contributed by atoms with Crippen LogP contribution in [0.25, 0.3) is 11.4 Å². The predicted octanol–water partition coefficient (Wildman–Crippen LogP) is 1.73. The van der Waals surface area contributed by atoms with Crippen LogP contribution in [-0.2, 0) is 25.4 Å². The highest BCUT2D eigenvalue weighted by molar-refractivity contribution is 7.99. The van der Waals surface area contributed by atoms with Crippen molar-refractivity contribution in [3.63, 3.8) is 0 Å². The zero-order chi connectivity index (χ0) is 23.7. The van der Waals surface area contributed by atoms with Gasteiger partial charge in [0.25, 0.3) is 5.56 Å². The first-order valence-corrected chi connectivity index (χ1v) is 11.7. The van der Waals surface area contributed by atoms with Gasteiger partial charge in [-0.1, -0.05) is 23.4 Å². The Labute approximate surface area is 198 Å². The van der Waals surface area contributed by atoms with Crippen molar-refractivity contribution in [3.05, 3.63) is 55.7 Å². The normalized spacial score (nSPS) is 15.8. The monoisotopic (exact) mass is 490 g/mol. The number of nitrogen functional groups attached to an aromatic ring is 1. The first-order valence-electron chi connectivity index (χ1n) is 10.3. The highest BCUT2D eigenvalue weighted by atomic mass is 35.5. The quantitative estimate of drug-likeness (QED) is 0.392. The van der Waals surface area contributed by atoms with Crippen molar-refractivity contribution in [2.24, 2.45) is 14.1 Å². The number of benzene rings is 1. The predicted molar refractivity (Wildman–Crippen MR) is 126 cm³/mol. The first kappa shape index (κ1) is 23.3. The molecular formula is C21H23ClN6O4S. The van der Waals surface area contributed by atoms with E-state index in [1.165, 1.54) is 14.1 Å². The third-order valence-corrected chi connectivity index (χ3v) is 6.77. The molecule has 4 rings (SSSR count). The lowest BCUT2D eigenvalue weighted by Gasteiger charge is -2.15. The van der Waals surface area contributed by atoms with Gasteiger partial charge in [-0.05, 0) is 37.1 Å². The Hall–Kier alpha value is -2.89. The van der Waals surface area contributed by atoms with Crippen LogP contribution in [0, 0.1) is 0 Å². The van der Waals surface area contributed by atoms with Crippen LogP contribution in [0.2, 0.25) is 5.02 Å². The van der Waals surface area contributed by atoms with Gasteiger partial charge in [0.1, 0.15) is 11.4 Å². The second-order valence-electron chi connectivity index (χ2n) is 7.74. The second kappa shape index (κ2) is 9.54. The lowest BCUT2D eigenvalue weighted by molar-refractivity contribution is 0.0953. The zero-order valence-corrected chi connectivity index (χ0v) is 19.7. The summed E-state index contributed by atoms with van der Waals surface area (Å²) in [6.45, 7) is 1.24. The molecule has 33 heavy (non-hydrogen) atoms. The molecule has 0 saturated carbocycles. The summed E-state index contributed by atoms with van der Waals surface area (Å²) >= 11 is 7.17. The van der Waals surface area contributed by atoms with Crippen LogP contribution in [0.4, 0.5) is 5.82 Å². The average Bonchev–Trinajstić information content (AvgIpc) is 3.46. The first-order chi connectivity index (χ1) is 15.8. The fraction of sp³-hybridized carbons (Fsp3) is 0.381. The molecule has 2 aromatic heterocycles. The van der Waals surface area contributed by atoms with Crippen LogP contribution in [0.5, 0.6) is 0 Å². The SMILES string of the molecule is Cn1c(N)c(C(=O)CSc2nnc(-c3ccc(Cl)cc3)n2CC2CCCO2)c(=O)n(C)c1=O. The molecule has 3 aromatic rings. The van der Waals surface area contributed by atoms with Gasteiger partial charge in [-0.15, -0.1) is 10.2 Å². The fourth-order valence-electron chi connectivity index (χ4n) is 3.69. The highest BCUT2D eigenvalue weighted by Crippen LogP contribution is 2.28. The summed E-state index contributed by atoms with van der Waals surface area (Å²) in [4.78, 5) is 37.4. The zero-order valence-electron chi connectivity index (χ0n) is 18.2. The topological polar surface area (TPSA) is 127 Å². The van der Waals surface area contributed by atoms with Crippen molar-refractivity contribution < 1.29 is 9.53 Å². The Morgan fingerprint density at radius 2 is 1.94 bits per heavy atom. The van der Waals surface area contributed by atoms with Crippen LogP contribution >= 0.6 is 23.4 Å². The summed E-state index contributed by atoms with van der Waals surface area (Å²) in [5, 5.41) is 9.74. The van der Waals surface area contributed by atoms with Crippen molar-refractivity contribution in [3.8, 4) is 11.4 Å². The maximum atomic E-state index is 12.9. The number of ketones is 1. The standard InChI is InChI=1S/C21H23ClN6O4S/c1-26-17(23)16(19(30)27(2)21(26)31)15(29)11-33-20-25-24-18(12-5-7-13(22)8-6-12)28(20)10-14-4-3-9-32-14/h5-8,14H,3-4,9-11,23H2,1-2H3. The molecule has 1 atom stereocenters. The summed E-state index contributed by atoms with van der Waals surface area (Å²) < 4.78 is 9.65. The number of anilines is 1. The van der Waals surface area contributed by atoms with Crippen LogP contribution in [0.15, 0.2) is 39.0 Å². The lowest BCUT2D eigenvalue weighted by atomic mass is 10.2. The van der Waals surface area contributed by atoms with E-state index in [9.17, 15) is 14.4 Å². The maximum absolute atomic E-state index is 12.9. The van der Waals surface area contributed by atoms with Crippen molar-refractivity contribution in [2.75, 3.05) is 18.1 Å². The number of rotatable bonds is 7. The van der Waals surface area contributed by atoms with E-state index < -0.39 is 17.0 Å². The molecule has 0 amide bonds. The van der Waals surface area contributed by atoms with E-state index in [2.05, 4.69) is 10.2 Å². The number of ether oxygens (including phenoxy) is 1. The molecule has 3 heterocycles. The van der Waals surface area contributed by atoms with E-state index in [4.69, 9.17) is 22.1 Å². The Bertz CT molecular complexity index is 1310. The summed E-state index contributed by atoms with van der Waals surface area (Å²) in [5.74, 6) is -0.110. The highest BCUT2D eigenvalue weighted by Gasteiger charge is 2.24. The van der Waals surface area contributed by atoms with Gasteiger partial charge in [0.2, 0.25) is 0 Å². The van der Waals surface area contributed by atoms with Gasteiger partial charge < -0.3 is 10.5 Å². The van der Waals surface area contributed by atoms with E-state index in [0.29, 0.717) is 29.2 Å². The molecule has 0 spiro atoms. The number of carbonyl (C=O) groups is 1. The number of hydrogen-bond acceptors (Lipinski definition) is 8. The van der Waals surface area contributed by atoms with Crippen LogP contribution in [0.3, 0.4) is 0 Å². The van der Waals surface area contributed by atoms with Crippen molar-refractivity contribution in [1.82, 2.24) is 23.9 Å². The number of aromatic nitrogens is 5. The Kier molecular flexibility index (Phi) is 6.73. The molecule has 12 heteroatoms. The molecule has 10 nitrogen and oxygen atoms in total. The summed E-state index contributed by atoms with van der Waals surface area (Å²) in [7, 11) is 2.72. The largest absolute Gasteiger partial charge is 0.384 e. The van der Waals surface area contributed by atoms with Crippen LogP contribution in [-0.4, -0.2) is 48.1 Å². The third-order valence-electron chi connectivity index (χ3n) is 5.55. The molecule has 1 unspecified atom stereocenters. The number of thioether (sulfide) groups is 1. The Balaban J connectivity index is 1.63. The molecule has 0 aliphatic carbocycles. The van der Waals surface area contributed by atoms with Crippen molar-refractivity contribution in [1.29, 1.82) is 0 Å². The smallest absolute Gasteiger partial charge is 0.332 e. The van der Waals surface area contributed by atoms with E-state index >= 15 is 0 Å². The average molecular weight is 491 g/mol. The van der Waals surface area contributed by atoms with Gasteiger partial charge in [-0.25, -0.2) is 4.79 Å². The van der Waals surface area contributed by atoms with Crippen LogP contribution in [0.1, 0.15) is 23.2 Å². The molecule has 1 aliphatic heterocycles. The number of carbonyl (C=O) groups excluding carboxylic acids is 1. The third kappa shape index (κ3) is 4.61. The molecule has 1 aromatic carbocycles. The van der Waals surface area contributed by atoms with Gasteiger partial charge in [-0.3, -0.25) is 23.3 Å². The van der Waals surface area contributed by atoms with E-state index in [0.717, 1.165) is 39.3 Å². The van der Waals surface area contributed by atoms with Gasteiger partial charge in [0.15, 0.2) is 16.8 Å². The molecule has 1 aliphatic rings. The molecule has 1 saturated heterocycles. The summed E-state index contributed by atoms with van der Waals surface area (Å²) in [6.07, 6.45) is 1.93. The van der Waals surface area contributed by atoms with E-state index in [-0.39, 0.29) is 23.2 Å². The summed E-state index contributed by atoms with van der Waals surface area (Å²) in [6, 6.07) is 7.26. The maximum Gasteiger partial charge on any atom is 0.332 e. The second-order valence-corrected chi connectivity index (χ2v) is 9.12. The van der Waals surface area contributed by atoms with Gasteiger partial charge >= 0.3 is 5.69 Å². The Morgan fingerprint density at radius 3 is 2.61 bits per heavy atom.